The maximum atomic E-state index is 5.21. The molecule has 0 saturated heterocycles. The van der Waals surface area contributed by atoms with E-state index < -0.39 is 5.41 Å². The summed E-state index contributed by atoms with van der Waals surface area (Å²) in [4.78, 5) is 10.4. The second kappa shape index (κ2) is 13.1. The Morgan fingerprint density at radius 1 is 0.339 bits per heavy atom. The van der Waals surface area contributed by atoms with Crippen molar-refractivity contribution in [2.45, 2.75) is 5.41 Å². The molecule has 0 bridgehead atoms. The van der Waals surface area contributed by atoms with Gasteiger partial charge in [0, 0.05) is 36.9 Å². The van der Waals surface area contributed by atoms with Crippen LogP contribution in [-0.2, 0) is 5.41 Å². The van der Waals surface area contributed by atoms with Crippen LogP contribution in [0.2, 0.25) is 0 Å². The van der Waals surface area contributed by atoms with Gasteiger partial charge in [-0.05, 0) is 80.9 Å². The molecule has 0 spiro atoms. The second-order valence-electron chi connectivity index (χ2n) is 14.5. The first-order valence-electron chi connectivity index (χ1n) is 19.1. The van der Waals surface area contributed by atoms with Crippen molar-refractivity contribution in [1.82, 2.24) is 9.97 Å². The summed E-state index contributed by atoms with van der Waals surface area (Å²) in [5.74, 6) is 0.713. The van der Waals surface area contributed by atoms with Gasteiger partial charge in [-0.1, -0.05) is 170 Å². The van der Waals surface area contributed by atoms with Gasteiger partial charge in [0.05, 0.1) is 16.8 Å². The quantitative estimate of drug-likeness (QED) is 0.170. The van der Waals surface area contributed by atoms with Gasteiger partial charge in [0.1, 0.15) is 0 Å². The lowest BCUT2D eigenvalue weighted by Gasteiger charge is -2.34. The summed E-state index contributed by atoms with van der Waals surface area (Å²) in [6.07, 6.45) is 0. The Morgan fingerprint density at radius 2 is 0.893 bits per heavy atom. The lowest BCUT2D eigenvalue weighted by molar-refractivity contribution is 0.769. The molecular formula is C53H34N2S. The lowest BCUT2D eigenvalue weighted by atomic mass is 9.67. The molecule has 3 heteroatoms. The van der Waals surface area contributed by atoms with Gasteiger partial charge in [-0.25, -0.2) is 9.97 Å². The molecule has 11 rings (SSSR count). The molecule has 10 aromatic rings. The standard InChI is InChI=1S/C53H34N2S/c1-4-15-35(16-5-1)52-54-48(34-49(55-52)39-28-30-51-45(32-39)44-24-11-13-26-50(44)56-51)38-18-14-17-36(31-38)37-27-29-43-42-23-10-12-25-46(42)53(47(43)33-37,40-19-6-2-7-20-40)41-21-8-3-9-22-41/h1-34H. The molecule has 2 aromatic heterocycles. The molecule has 56 heavy (non-hydrogen) atoms. The molecule has 1 aliphatic carbocycles. The van der Waals surface area contributed by atoms with Crippen LogP contribution in [0.15, 0.2) is 206 Å². The number of hydrogen-bond acceptors (Lipinski definition) is 3. The predicted molar refractivity (Wildman–Crippen MR) is 234 cm³/mol. The minimum atomic E-state index is -0.455. The Hall–Kier alpha value is -6.94. The van der Waals surface area contributed by atoms with E-state index in [1.807, 2.05) is 29.5 Å². The van der Waals surface area contributed by atoms with E-state index in [9.17, 15) is 0 Å². The van der Waals surface area contributed by atoms with Crippen molar-refractivity contribution in [2.24, 2.45) is 0 Å². The number of nitrogens with zero attached hydrogens (tertiary/aromatic N) is 2. The highest BCUT2D eigenvalue weighted by molar-refractivity contribution is 7.25. The lowest BCUT2D eigenvalue weighted by Crippen LogP contribution is -2.28. The summed E-state index contributed by atoms with van der Waals surface area (Å²) in [6.45, 7) is 0. The first kappa shape index (κ1) is 32.5. The van der Waals surface area contributed by atoms with Crippen LogP contribution >= 0.6 is 11.3 Å². The van der Waals surface area contributed by atoms with Gasteiger partial charge >= 0.3 is 0 Å². The van der Waals surface area contributed by atoms with E-state index in [0.29, 0.717) is 5.82 Å². The number of benzene rings is 8. The molecule has 0 unspecified atom stereocenters. The molecule has 2 nitrogen and oxygen atoms in total. The highest BCUT2D eigenvalue weighted by Crippen LogP contribution is 2.56. The largest absolute Gasteiger partial charge is 0.228 e. The molecule has 0 N–H and O–H groups in total. The van der Waals surface area contributed by atoms with Crippen LogP contribution in [0.25, 0.3) is 76.3 Å². The summed E-state index contributed by atoms with van der Waals surface area (Å²) in [6, 6.07) is 74.6. The maximum absolute atomic E-state index is 5.21. The van der Waals surface area contributed by atoms with Crippen LogP contribution < -0.4 is 0 Å². The molecule has 1 aliphatic rings. The van der Waals surface area contributed by atoms with Crippen molar-refractivity contribution in [3.8, 4) is 56.2 Å². The molecule has 0 aliphatic heterocycles. The SMILES string of the molecule is c1ccc(-c2nc(-c3cccc(-c4ccc5c(c4)C(c4ccccc4)(c4ccccc4)c4ccccc4-5)c3)cc(-c3ccc4sc5ccccc5c4c3)n2)cc1. The maximum Gasteiger partial charge on any atom is 0.160 e. The van der Waals surface area contributed by atoms with Crippen molar-refractivity contribution in [2.75, 3.05) is 0 Å². The fourth-order valence-corrected chi connectivity index (χ4v) is 9.91. The first-order valence-corrected chi connectivity index (χ1v) is 19.9. The van der Waals surface area contributed by atoms with Gasteiger partial charge in [0.2, 0.25) is 0 Å². The van der Waals surface area contributed by atoms with E-state index in [-0.39, 0.29) is 0 Å². The van der Waals surface area contributed by atoms with Crippen LogP contribution in [-0.4, -0.2) is 9.97 Å². The number of thiophene rings is 1. The highest BCUT2D eigenvalue weighted by Gasteiger charge is 2.46. The Bertz CT molecular complexity index is 3040. The summed E-state index contributed by atoms with van der Waals surface area (Å²) in [5, 5.41) is 2.54. The van der Waals surface area contributed by atoms with Crippen molar-refractivity contribution >= 4 is 31.5 Å². The number of aromatic nitrogens is 2. The van der Waals surface area contributed by atoms with E-state index in [2.05, 4.69) is 188 Å². The van der Waals surface area contributed by atoms with Crippen LogP contribution in [0.3, 0.4) is 0 Å². The second-order valence-corrected chi connectivity index (χ2v) is 15.6. The van der Waals surface area contributed by atoms with Gasteiger partial charge in [-0.15, -0.1) is 11.3 Å². The van der Waals surface area contributed by atoms with Crippen LogP contribution in [0.5, 0.6) is 0 Å². The summed E-state index contributed by atoms with van der Waals surface area (Å²) < 4.78 is 2.58. The third kappa shape index (κ3) is 5.16. The molecule has 0 radical (unpaired) electrons. The normalized spacial score (nSPS) is 12.8. The van der Waals surface area contributed by atoms with E-state index in [4.69, 9.17) is 9.97 Å². The molecule has 8 aromatic carbocycles. The van der Waals surface area contributed by atoms with Crippen LogP contribution in [0.1, 0.15) is 22.3 Å². The summed E-state index contributed by atoms with van der Waals surface area (Å²) in [7, 11) is 0. The van der Waals surface area contributed by atoms with Crippen molar-refractivity contribution in [3.63, 3.8) is 0 Å². The number of rotatable bonds is 6. The highest BCUT2D eigenvalue weighted by atomic mass is 32.1. The zero-order chi connectivity index (χ0) is 37.1. The minimum absolute atomic E-state index is 0.455. The Balaban J connectivity index is 1.07. The van der Waals surface area contributed by atoms with E-state index in [0.717, 1.165) is 33.6 Å². The van der Waals surface area contributed by atoms with Crippen LogP contribution in [0.4, 0.5) is 0 Å². The zero-order valence-corrected chi connectivity index (χ0v) is 31.2. The average Bonchev–Trinajstić information content (AvgIpc) is 3.80. The Labute approximate surface area is 330 Å². The molecule has 0 amide bonds. The minimum Gasteiger partial charge on any atom is -0.228 e. The van der Waals surface area contributed by atoms with E-state index in [1.165, 1.54) is 59.1 Å². The monoisotopic (exact) mass is 730 g/mol. The van der Waals surface area contributed by atoms with Crippen molar-refractivity contribution in [3.05, 3.63) is 229 Å². The molecule has 2 heterocycles. The third-order valence-corrected chi connectivity index (χ3v) is 12.5. The van der Waals surface area contributed by atoms with E-state index in [1.54, 1.807) is 0 Å². The van der Waals surface area contributed by atoms with Gasteiger partial charge in [-0.3, -0.25) is 0 Å². The van der Waals surface area contributed by atoms with Crippen molar-refractivity contribution in [1.29, 1.82) is 0 Å². The van der Waals surface area contributed by atoms with Crippen molar-refractivity contribution < 1.29 is 0 Å². The first-order chi connectivity index (χ1) is 27.7. The van der Waals surface area contributed by atoms with Gasteiger partial charge in [-0.2, -0.15) is 0 Å². The molecule has 262 valence electrons. The summed E-state index contributed by atoms with van der Waals surface area (Å²) in [5.41, 5.74) is 14.5. The zero-order valence-electron chi connectivity index (χ0n) is 30.4. The predicted octanol–water partition coefficient (Wildman–Crippen LogP) is 13.9. The Kier molecular flexibility index (Phi) is 7.61. The van der Waals surface area contributed by atoms with Gasteiger partial charge in [0.25, 0.3) is 0 Å². The molecule has 0 saturated carbocycles. The Morgan fingerprint density at radius 3 is 1.66 bits per heavy atom. The number of hydrogen-bond donors (Lipinski definition) is 0. The van der Waals surface area contributed by atoms with Crippen LogP contribution in [0, 0.1) is 0 Å². The van der Waals surface area contributed by atoms with E-state index >= 15 is 0 Å². The molecule has 0 atom stereocenters. The molecular weight excluding hydrogens is 697 g/mol. The smallest absolute Gasteiger partial charge is 0.160 e. The summed E-state index contributed by atoms with van der Waals surface area (Å²) >= 11 is 1.83. The average molecular weight is 731 g/mol. The topological polar surface area (TPSA) is 25.8 Å². The fraction of sp³-hybridized carbons (Fsp3) is 0.0189. The third-order valence-electron chi connectivity index (χ3n) is 11.4. The van der Waals surface area contributed by atoms with Gasteiger partial charge in [0.15, 0.2) is 5.82 Å². The number of fused-ring (bicyclic) bond motifs is 6. The molecule has 0 fully saturated rings. The van der Waals surface area contributed by atoms with Gasteiger partial charge < -0.3 is 0 Å². The fourth-order valence-electron chi connectivity index (χ4n) is 8.83.